The molecule has 1 aromatic heterocycles. The van der Waals surface area contributed by atoms with E-state index in [0.29, 0.717) is 16.3 Å². The Morgan fingerprint density at radius 3 is 2.52 bits per heavy atom. The van der Waals surface area contributed by atoms with Gasteiger partial charge in [-0.05, 0) is 24.3 Å². The zero-order chi connectivity index (χ0) is 21.2. The van der Waals surface area contributed by atoms with Crippen molar-refractivity contribution >= 4 is 40.2 Å². The van der Waals surface area contributed by atoms with Crippen LogP contribution in [0.2, 0.25) is 5.02 Å². The first-order chi connectivity index (χ1) is 13.6. The summed E-state index contributed by atoms with van der Waals surface area (Å²) >= 11 is 6.92. The quantitative estimate of drug-likeness (QED) is 0.414. The van der Waals surface area contributed by atoms with E-state index in [4.69, 9.17) is 11.6 Å². The Morgan fingerprint density at radius 2 is 1.90 bits per heavy atom. The number of nitrogens with one attached hydrogen (secondary N) is 1. The van der Waals surface area contributed by atoms with E-state index in [1.54, 1.807) is 5.38 Å². The van der Waals surface area contributed by atoms with Crippen LogP contribution in [0.15, 0.2) is 47.8 Å². The maximum absolute atomic E-state index is 12.6. The number of aromatic nitrogens is 1. The predicted octanol–water partition coefficient (Wildman–Crippen LogP) is 5.57. The van der Waals surface area contributed by atoms with Gasteiger partial charge in [-0.3, -0.25) is 14.9 Å². The molecule has 3 aromatic rings. The third-order valence-corrected chi connectivity index (χ3v) is 5.04. The molecule has 2 aromatic carbocycles. The monoisotopic (exact) mass is 441 g/mol. The third kappa shape index (κ3) is 5.09. The minimum absolute atomic E-state index is 0.0475. The Morgan fingerprint density at radius 1 is 1.21 bits per heavy atom. The number of anilines is 1. The molecule has 0 bridgehead atoms. The van der Waals surface area contributed by atoms with E-state index in [1.165, 1.54) is 35.6 Å². The summed E-state index contributed by atoms with van der Waals surface area (Å²) in [4.78, 5) is 26.7. The summed E-state index contributed by atoms with van der Waals surface area (Å²) in [5, 5.41) is 15.5. The molecule has 0 radical (unpaired) electrons. The molecule has 1 N–H and O–H groups in total. The number of rotatable bonds is 5. The van der Waals surface area contributed by atoms with Crippen LogP contribution in [0.3, 0.4) is 0 Å². The smallest absolute Gasteiger partial charge is 0.325 e. The van der Waals surface area contributed by atoms with Crippen LogP contribution in [0.1, 0.15) is 11.3 Å². The second kappa shape index (κ2) is 8.18. The third-order valence-electron chi connectivity index (χ3n) is 3.78. The molecule has 6 nitrogen and oxygen atoms in total. The molecule has 0 saturated carbocycles. The van der Waals surface area contributed by atoms with Crippen LogP contribution in [0.5, 0.6) is 0 Å². The van der Waals surface area contributed by atoms with Gasteiger partial charge in [-0.25, -0.2) is 4.98 Å². The molecule has 0 aliphatic rings. The highest BCUT2D eigenvalue weighted by Gasteiger charge is 2.30. The molecule has 0 atom stereocenters. The average Bonchev–Trinajstić information content (AvgIpc) is 3.11. The molecule has 150 valence electrons. The molecule has 0 aliphatic carbocycles. The molecular weight excluding hydrogens is 431 g/mol. The van der Waals surface area contributed by atoms with Crippen molar-refractivity contribution in [1.29, 1.82) is 0 Å². The number of thiazole rings is 1. The van der Waals surface area contributed by atoms with Gasteiger partial charge in [0.15, 0.2) is 0 Å². The van der Waals surface area contributed by atoms with Crippen LogP contribution in [0.4, 0.5) is 24.5 Å². The lowest BCUT2D eigenvalue weighted by molar-refractivity contribution is -0.384. The van der Waals surface area contributed by atoms with Gasteiger partial charge in [-0.2, -0.15) is 13.2 Å². The van der Waals surface area contributed by atoms with E-state index in [0.717, 1.165) is 18.2 Å². The number of amides is 1. The number of hydrogen-bond donors (Lipinski definition) is 1. The summed E-state index contributed by atoms with van der Waals surface area (Å²) in [6.07, 6.45) is -4.52. The first-order valence-electron chi connectivity index (χ1n) is 7.99. The lowest BCUT2D eigenvalue weighted by atomic mass is 10.1. The first kappa shape index (κ1) is 20.7. The Hall–Kier alpha value is -2.98. The van der Waals surface area contributed by atoms with Gasteiger partial charge in [0.2, 0.25) is 5.91 Å². The number of nitro groups is 1. The number of nitro benzene ring substituents is 1. The second-order valence-corrected chi connectivity index (χ2v) is 7.13. The van der Waals surface area contributed by atoms with Gasteiger partial charge in [0.1, 0.15) is 10.0 Å². The van der Waals surface area contributed by atoms with Crippen molar-refractivity contribution < 1.29 is 22.9 Å². The molecule has 1 amide bonds. The largest absolute Gasteiger partial charge is 0.416 e. The van der Waals surface area contributed by atoms with Gasteiger partial charge in [0, 0.05) is 22.7 Å². The van der Waals surface area contributed by atoms with E-state index in [2.05, 4.69) is 10.3 Å². The van der Waals surface area contributed by atoms with Crippen LogP contribution in [-0.4, -0.2) is 15.8 Å². The van der Waals surface area contributed by atoms with Crippen molar-refractivity contribution in [1.82, 2.24) is 4.98 Å². The van der Waals surface area contributed by atoms with Gasteiger partial charge in [0.25, 0.3) is 5.69 Å². The molecule has 0 saturated heterocycles. The lowest BCUT2D eigenvalue weighted by Gasteiger charge is -2.06. The van der Waals surface area contributed by atoms with Gasteiger partial charge in [0.05, 0.1) is 22.6 Å². The number of halogens is 4. The second-order valence-electron chi connectivity index (χ2n) is 5.87. The molecular formula is C18H11ClF3N3O3S. The number of benzene rings is 2. The Balaban J connectivity index is 1.68. The molecule has 3 rings (SSSR count). The maximum atomic E-state index is 12.6. The highest BCUT2D eigenvalue weighted by molar-refractivity contribution is 7.13. The minimum atomic E-state index is -4.42. The molecule has 0 aliphatic heterocycles. The van der Waals surface area contributed by atoms with E-state index < -0.39 is 22.6 Å². The Bertz CT molecular complexity index is 1070. The summed E-state index contributed by atoms with van der Waals surface area (Å²) in [6.45, 7) is 0. The highest BCUT2D eigenvalue weighted by atomic mass is 35.5. The topological polar surface area (TPSA) is 85.1 Å². The first-order valence-corrected chi connectivity index (χ1v) is 9.25. The minimum Gasteiger partial charge on any atom is -0.325 e. The highest BCUT2D eigenvalue weighted by Crippen LogP contribution is 2.32. The summed E-state index contributed by atoms with van der Waals surface area (Å²) < 4.78 is 37.9. The van der Waals surface area contributed by atoms with Gasteiger partial charge >= 0.3 is 6.18 Å². The Labute approximate surface area is 171 Å². The van der Waals surface area contributed by atoms with E-state index in [1.807, 2.05) is 0 Å². The van der Waals surface area contributed by atoms with E-state index in [-0.39, 0.29) is 22.8 Å². The molecule has 1 heterocycles. The number of alkyl halides is 3. The SMILES string of the molecule is O=C(Cc1csc(-c2ccc(C(F)(F)F)cc2)n1)Nc1ccc(Cl)c([N+](=O)[O-])c1. The summed E-state index contributed by atoms with van der Waals surface area (Å²) in [6, 6.07) is 8.46. The van der Waals surface area contributed by atoms with E-state index >= 15 is 0 Å². The van der Waals surface area contributed by atoms with Crippen molar-refractivity contribution in [3.63, 3.8) is 0 Å². The fraction of sp³-hybridized carbons (Fsp3) is 0.111. The lowest BCUT2D eigenvalue weighted by Crippen LogP contribution is -2.14. The van der Waals surface area contributed by atoms with Crippen LogP contribution >= 0.6 is 22.9 Å². The van der Waals surface area contributed by atoms with Crippen LogP contribution < -0.4 is 5.32 Å². The summed E-state index contributed by atoms with van der Waals surface area (Å²) in [7, 11) is 0. The summed E-state index contributed by atoms with van der Waals surface area (Å²) in [5.74, 6) is -0.453. The fourth-order valence-corrected chi connectivity index (χ4v) is 3.43. The number of carbonyl (C=O) groups is 1. The van der Waals surface area contributed by atoms with Crippen molar-refractivity contribution in [2.45, 2.75) is 12.6 Å². The number of carbonyl (C=O) groups excluding carboxylic acids is 1. The fourth-order valence-electron chi connectivity index (χ4n) is 2.42. The van der Waals surface area contributed by atoms with Gasteiger partial charge < -0.3 is 5.32 Å². The average molecular weight is 442 g/mol. The zero-order valence-electron chi connectivity index (χ0n) is 14.4. The molecule has 11 heteroatoms. The normalized spacial score (nSPS) is 11.3. The van der Waals surface area contributed by atoms with Crippen molar-refractivity contribution in [2.24, 2.45) is 0 Å². The van der Waals surface area contributed by atoms with Crippen LogP contribution in [0.25, 0.3) is 10.6 Å². The molecule has 0 unspecified atom stereocenters. The molecule has 0 spiro atoms. The van der Waals surface area contributed by atoms with Crippen LogP contribution in [-0.2, 0) is 17.4 Å². The Kier molecular flexibility index (Phi) is 5.85. The van der Waals surface area contributed by atoms with Gasteiger partial charge in [-0.15, -0.1) is 11.3 Å². The maximum Gasteiger partial charge on any atom is 0.416 e. The zero-order valence-corrected chi connectivity index (χ0v) is 15.9. The summed E-state index contributed by atoms with van der Waals surface area (Å²) in [5.41, 5.74) is 0.0512. The molecule has 0 fully saturated rings. The van der Waals surface area contributed by atoms with E-state index in [9.17, 15) is 28.1 Å². The van der Waals surface area contributed by atoms with Crippen molar-refractivity contribution in [3.05, 3.63) is 74.2 Å². The van der Waals surface area contributed by atoms with Crippen molar-refractivity contribution in [2.75, 3.05) is 5.32 Å². The number of nitrogens with zero attached hydrogens (tertiary/aromatic N) is 2. The standard InChI is InChI=1S/C18H11ClF3N3O3S/c19-14-6-5-12(7-15(14)25(27)28)23-16(26)8-13-9-29-17(24-13)10-1-3-11(4-2-10)18(20,21)22/h1-7,9H,8H2,(H,23,26). The van der Waals surface area contributed by atoms with Gasteiger partial charge in [-0.1, -0.05) is 23.7 Å². The molecule has 29 heavy (non-hydrogen) atoms. The van der Waals surface area contributed by atoms with Crippen molar-refractivity contribution in [3.8, 4) is 10.6 Å². The predicted molar refractivity (Wildman–Crippen MR) is 103 cm³/mol. The van der Waals surface area contributed by atoms with Crippen LogP contribution in [0, 0.1) is 10.1 Å². The number of hydrogen-bond acceptors (Lipinski definition) is 5.